The summed E-state index contributed by atoms with van der Waals surface area (Å²) in [4.78, 5) is 4.30. The zero-order valence-corrected chi connectivity index (χ0v) is 13.1. The maximum absolute atomic E-state index is 14.6. The van der Waals surface area contributed by atoms with Crippen LogP contribution in [0.2, 0.25) is 0 Å². The molecule has 0 amide bonds. The van der Waals surface area contributed by atoms with E-state index < -0.39 is 18.3 Å². The zero-order chi connectivity index (χ0) is 14.7. The van der Waals surface area contributed by atoms with Crippen LogP contribution in [-0.2, 0) is 9.31 Å². The highest BCUT2D eigenvalue weighted by Gasteiger charge is 2.52. The highest BCUT2D eigenvalue weighted by Crippen LogP contribution is 2.37. The molecule has 2 aromatic rings. The molecule has 0 radical (unpaired) electrons. The maximum Gasteiger partial charge on any atom is 0.497 e. The van der Waals surface area contributed by atoms with Crippen molar-refractivity contribution in [2.75, 3.05) is 0 Å². The third-order valence-electron chi connectivity index (χ3n) is 4.14. The summed E-state index contributed by atoms with van der Waals surface area (Å²) in [6.07, 6.45) is 0. The number of halogens is 1. The van der Waals surface area contributed by atoms with Crippen molar-refractivity contribution in [3.63, 3.8) is 0 Å². The van der Waals surface area contributed by atoms with Crippen molar-refractivity contribution in [1.29, 1.82) is 0 Å². The number of thiazole rings is 1. The molecule has 2 heterocycles. The Bertz CT molecular complexity index is 667. The molecule has 1 saturated heterocycles. The summed E-state index contributed by atoms with van der Waals surface area (Å²) in [7, 11) is -0.674. The largest absolute Gasteiger partial charge is 0.497 e. The van der Waals surface area contributed by atoms with Gasteiger partial charge in [-0.3, -0.25) is 0 Å². The Kier molecular flexibility index (Phi) is 2.98. The van der Waals surface area contributed by atoms with Crippen molar-refractivity contribution >= 4 is 34.1 Å². The van der Waals surface area contributed by atoms with Gasteiger partial charge in [0.25, 0.3) is 0 Å². The summed E-state index contributed by atoms with van der Waals surface area (Å²) in [6.45, 7) is 9.71. The predicted octanol–water partition coefficient (Wildman–Crippen LogP) is 3.04. The fourth-order valence-electron chi connectivity index (χ4n) is 2.24. The van der Waals surface area contributed by atoms with Gasteiger partial charge >= 0.3 is 7.12 Å². The van der Waals surface area contributed by atoms with Gasteiger partial charge in [0.15, 0.2) is 0 Å². The Morgan fingerprint density at radius 3 is 2.35 bits per heavy atom. The van der Waals surface area contributed by atoms with Gasteiger partial charge in [0.1, 0.15) is 5.82 Å². The van der Waals surface area contributed by atoms with E-state index in [-0.39, 0.29) is 5.82 Å². The van der Waals surface area contributed by atoms with E-state index in [0.29, 0.717) is 15.7 Å². The lowest BCUT2D eigenvalue weighted by molar-refractivity contribution is 0.00578. The van der Waals surface area contributed by atoms with Gasteiger partial charge in [-0.25, -0.2) is 9.37 Å². The normalized spacial score (nSPS) is 20.8. The van der Waals surface area contributed by atoms with E-state index in [0.717, 1.165) is 5.01 Å². The number of hydrogen-bond donors (Lipinski definition) is 0. The highest BCUT2D eigenvalue weighted by molar-refractivity contribution is 7.18. The molecule has 0 bridgehead atoms. The minimum Gasteiger partial charge on any atom is -0.399 e. The third-order valence-corrected chi connectivity index (χ3v) is 5.12. The molecular formula is C14H17BFNO2S. The zero-order valence-electron chi connectivity index (χ0n) is 12.3. The fraction of sp³-hybridized carbons (Fsp3) is 0.500. The molecule has 6 heteroatoms. The van der Waals surface area contributed by atoms with E-state index in [1.165, 1.54) is 11.3 Å². The molecule has 0 aliphatic carbocycles. The lowest BCUT2D eigenvalue weighted by Crippen LogP contribution is -2.41. The van der Waals surface area contributed by atoms with Gasteiger partial charge < -0.3 is 9.31 Å². The second-order valence-electron chi connectivity index (χ2n) is 6.14. The second-order valence-corrected chi connectivity index (χ2v) is 7.34. The summed E-state index contributed by atoms with van der Waals surface area (Å²) in [5.74, 6) is -0.286. The van der Waals surface area contributed by atoms with Gasteiger partial charge in [-0.2, -0.15) is 0 Å². The van der Waals surface area contributed by atoms with Gasteiger partial charge in [0, 0.05) is 5.46 Å². The van der Waals surface area contributed by atoms with E-state index in [1.807, 2.05) is 40.7 Å². The highest BCUT2D eigenvalue weighted by atomic mass is 32.1. The topological polar surface area (TPSA) is 31.4 Å². The summed E-state index contributed by atoms with van der Waals surface area (Å²) < 4.78 is 27.0. The Labute approximate surface area is 122 Å². The van der Waals surface area contributed by atoms with Crippen molar-refractivity contribution in [1.82, 2.24) is 4.98 Å². The molecule has 3 nitrogen and oxygen atoms in total. The smallest absolute Gasteiger partial charge is 0.399 e. The number of benzene rings is 1. The molecule has 0 atom stereocenters. The van der Waals surface area contributed by atoms with Crippen LogP contribution in [0, 0.1) is 12.7 Å². The third kappa shape index (κ3) is 1.98. The first-order valence-electron chi connectivity index (χ1n) is 6.62. The first-order chi connectivity index (χ1) is 9.21. The number of aromatic nitrogens is 1. The molecule has 1 aliphatic rings. The standard InChI is InChI=1S/C14H17BFNO2S/c1-8-17-10-7-6-9(11(16)12(10)20-8)15-18-13(2,3)14(4,5)19-15/h6-7H,1-5H3. The Balaban J connectivity index is 2.06. The molecule has 3 rings (SSSR count). The van der Waals surface area contributed by atoms with E-state index in [2.05, 4.69) is 4.98 Å². The molecule has 0 saturated carbocycles. The number of hydrogen-bond acceptors (Lipinski definition) is 4. The van der Waals surface area contributed by atoms with Crippen molar-refractivity contribution < 1.29 is 13.7 Å². The van der Waals surface area contributed by atoms with Gasteiger partial charge in [0.2, 0.25) is 0 Å². The van der Waals surface area contributed by atoms with E-state index >= 15 is 0 Å². The minimum atomic E-state index is -0.674. The second kappa shape index (κ2) is 4.26. The first kappa shape index (κ1) is 14.0. The number of nitrogens with zero attached hydrogens (tertiary/aromatic N) is 1. The van der Waals surface area contributed by atoms with E-state index in [9.17, 15) is 4.39 Å². The Morgan fingerprint density at radius 2 is 1.75 bits per heavy atom. The molecular weight excluding hydrogens is 276 g/mol. The molecule has 1 aromatic carbocycles. The lowest BCUT2D eigenvalue weighted by atomic mass is 9.78. The minimum absolute atomic E-state index is 0.286. The molecule has 1 fully saturated rings. The van der Waals surface area contributed by atoms with Crippen molar-refractivity contribution in [2.45, 2.75) is 45.8 Å². The van der Waals surface area contributed by atoms with Crippen LogP contribution in [0.25, 0.3) is 10.2 Å². The van der Waals surface area contributed by atoms with Crippen LogP contribution in [0.15, 0.2) is 12.1 Å². The summed E-state index contributed by atoms with van der Waals surface area (Å²) >= 11 is 1.35. The quantitative estimate of drug-likeness (QED) is 0.757. The molecule has 20 heavy (non-hydrogen) atoms. The number of fused-ring (bicyclic) bond motifs is 1. The van der Waals surface area contributed by atoms with Crippen LogP contribution in [-0.4, -0.2) is 23.3 Å². The van der Waals surface area contributed by atoms with Gasteiger partial charge in [-0.15, -0.1) is 11.3 Å². The maximum atomic E-state index is 14.6. The molecule has 0 N–H and O–H groups in total. The van der Waals surface area contributed by atoms with E-state index in [1.54, 1.807) is 6.07 Å². The van der Waals surface area contributed by atoms with Crippen LogP contribution in [0.4, 0.5) is 4.39 Å². The van der Waals surface area contributed by atoms with Crippen LogP contribution < -0.4 is 5.46 Å². The molecule has 1 aliphatic heterocycles. The van der Waals surface area contributed by atoms with E-state index in [4.69, 9.17) is 9.31 Å². The van der Waals surface area contributed by atoms with Crippen molar-refractivity contribution in [3.05, 3.63) is 23.0 Å². The Hall–Kier alpha value is -0.975. The molecule has 1 aromatic heterocycles. The SMILES string of the molecule is Cc1nc2ccc(B3OC(C)(C)C(C)(C)O3)c(F)c2s1. The number of rotatable bonds is 1. The van der Waals surface area contributed by atoms with Crippen molar-refractivity contribution in [3.8, 4) is 0 Å². The number of aryl methyl sites for hydroxylation is 1. The van der Waals surface area contributed by atoms with Crippen LogP contribution >= 0.6 is 11.3 Å². The average Bonchev–Trinajstić information content (AvgIpc) is 2.78. The van der Waals surface area contributed by atoms with Crippen LogP contribution in [0.5, 0.6) is 0 Å². The Morgan fingerprint density at radius 1 is 1.15 bits per heavy atom. The van der Waals surface area contributed by atoms with Crippen LogP contribution in [0.3, 0.4) is 0 Å². The summed E-state index contributed by atoms with van der Waals surface area (Å²) in [5.41, 5.74) is 0.191. The predicted molar refractivity (Wildman–Crippen MR) is 80.0 cm³/mol. The van der Waals surface area contributed by atoms with Gasteiger partial charge in [0.05, 0.1) is 26.4 Å². The first-order valence-corrected chi connectivity index (χ1v) is 7.44. The fourth-order valence-corrected chi connectivity index (χ4v) is 3.10. The molecule has 0 spiro atoms. The van der Waals surface area contributed by atoms with Crippen molar-refractivity contribution in [2.24, 2.45) is 0 Å². The van der Waals surface area contributed by atoms with Crippen LogP contribution in [0.1, 0.15) is 32.7 Å². The molecule has 0 unspecified atom stereocenters. The van der Waals surface area contributed by atoms with Gasteiger partial charge in [-0.05, 0) is 40.7 Å². The van der Waals surface area contributed by atoms with Gasteiger partial charge in [-0.1, -0.05) is 6.07 Å². The lowest BCUT2D eigenvalue weighted by Gasteiger charge is -2.32. The summed E-state index contributed by atoms with van der Waals surface area (Å²) in [6, 6.07) is 3.53. The summed E-state index contributed by atoms with van der Waals surface area (Å²) in [5, 5.41) is 0.852. The average molecular weight is 293 g/mol. The molecule has 106 valence electrons. The monoisotopic (exact) mass is 293 g/mol.